The zero-order chi connectivity index (χ0) is 15.1. The van der Waals surface area contributed by atoms with Crippen LogP contribution in [-0.4, -0.2) is 38.2 Å². The van der Waals surface area contributed by atoms with Crippen LogP contribution in [0.5, 0.6) is 5.75 Å². The maximum absolute atomic E-state index is 5.53. The lowest BCUT2D eigenvalue weighted by Gasteiger charge is -2.36. The molecule has 1 saturated carbocycles. The molecule has 1 N–H and O–H groups in total. The van der Waals surface area contributed by atoms with Crippen molar-refractivity contribution >= 4 is 0 Å². The number of hydrogen-bond acceptors (Lipinski definition) is 3. The Morgan fingerprint density at radius 1 is 1.24 bits per heavy atom. The lowest BCUT2D eigenvalue weighted by Crippen LogP contribution is -2.41. The molecule has 3 nitrogen and oxygen atoms in total. The van der Waals surface area contributed by atoms with Gasteiger partial charge in [0.25, 0.3) is 0 Å². The second-order valence-corrected chi connectivity index (χ2v) is 5.96. The molecule has 2 rings (SSSR count). The van der Waals surface area contributed by atoms with Gasteiger partial charge >= 0.3 is 0 Å². The molecule has 1 aromatic rings. The molecule has 1 aromatic carbocycles. The summed E-state index contributed by atoms with van der Waals surface area (Å²) in [6.07, 6.45) is 6.91. The Balaban J connectivity index is 2.09. The molecule has 21 heavy (non-hydrogen) atoms. The standard InChI is InChI=1S/C18H30N2O/c1-4-20(15-10-6-5-7-11-15)14-17(19-2)16-12-8-9-13-18(16)21-3/h8-9,12-13,15,17,19H,4-7,10-11,14H2,1-3H3. The van der Waals surface area contributed by atoms with Crippen LogP contribution in [0.2, 0.25) is 0 Å². The summed E-state index contributed by atoms with van der Waals surface area (Å²) in [4.78, 5) is 2.65. The van der Waals surface area contributed by atoms with E-state index in [9.17, 15) is 0 Å². The number of likely N-dealkylation sites (N-methyl/N-ethyl adjacent to an activating group) is 2. The quantitative estimate of drug-likeness (QED) is 0.830. The molecule has 0 saturated heterocycles. The van der Waals surface area contributed by atoms with Crippen molar-refractivity contribution in [2.24, 2.45) is 0 Å². The maximum atomic E-state index is 5.53. The van der Waals surface area contributed by atoms with E-state index in [0.717, 1.165) is 24.9 Å². The summed E-state index contributed by atoms with van der Waals surface area (Å²) < 4.78 is 5.53. The molecule has 0 aliphatic heterocycles. The molecule has 1 unspecified atom stereocenters. The summed E-state index contributed by atoms with van der Waals surface area (Å²) in [5.41, 5.74) is 1.26. The molecule has 0 amide bonds. The van der Waals surface area contributed by atoms with E-state index in [4.69, 9.17) is 4.74 Å². The Hall–Kier alpha value is -1.06. The van der Waals surface area contributed by atoms with Crippen LogP contribution in [0.1, 0.15) is 50.6 Å². The van der Waals surface area contributed by atoms with Gasteiger partial charge in [-0.3, -0.25) is 4.90 Å². The summed E-state index contributed by atoms with van der Waals surface area (Å²) in [7, 11) is 3.80. The number of nitrogens with one attached hydrogen (secondary N) is 1. The third kappa shape index (κ3) is 4.21. The van der Waals surface area contributed by atoms with E-state index in [2.05, 4.69) is 35.3 Å². The summed E-state index contributed by atoms with van der Waals surface area (Å²) in [6.45, 7) is 4.46. The fourth-order valence-electron chi connectivity index (χ4n) is 3.52. The number of benzene rings is 1. The highest BCUT2D eigenvalue weighted by Gasteiger charge is 2.24. The number of rotatable bonds is 7. The number of para-hydroxylation sites is 1. The number of nitrogens with zero attached hydrogens (tertiary/aromatic N) is 1. The zero-order valence-electron chi connectivity index (χ0n) is 13.8. The first-order valence-electron chi connectivity index (χ1n) is 8.34. The van der Waals surface area contributed by atoms with Gasteiger partial charge in [-0.05, 0) is 32.5 Å². The molecule has 0 heterocycles. The minimum Gasteiger partial charge on any atom is -0.496 e. The van der Waals surface area contributed by atoms with E-state index in [0.29, 0.717) is 6.04 Å². The van der Waals surface area contributed by atoms with Crippen molar-refractivity contribution in [3.8, 4) is 5.75 Å². The van der Waals surface area contributed by atoms with Gasteiger partial charge in [0.05, 0.1) is 7.11 Å². The van der Waals surface area contributed by atoms with E-state index < -0.39 is 0 Å². The monoisotopic (exact) mass is 290 g/mol. The highest BCUT2D eigenvalue weighted by atomic mass is 16.5. The van der Waals surface area contributed by atoms with Gasteiger partial charge in [0.1, 0.15) is 5.75 Å². The van der Waals surface area contributed by atoms with Gasteiger partial charge in [0.15, 0.2) is 0 Å². The summed E-state index contributed by atoms with van der Waals surface area (Å²) in [5.74, 6) is 0.983. The molecule has 1 aliphatic rings. The van der Waals surface area contributed by atoms with Crippen LogP contribution in [0.15, 0.2) is 24.3 Å². The third-order valence-corrected chi connectivity index (χ3v) is 4.78. The largest absolute Gasteiger partial charge is 0.496 e. The van der Waals surface area contributed by atoms with Gasteiger partial charge < -0.3 is 10.1 Å². The normalized spacial score (nSPS) is 17.9. The number of methoxy groups -OCH3 is 1. The summed E-state index contributed by atoms with van der Waals surface area (Å²) >= 11 is 0. The second-order valence-electron chi connectivity index (χ2n) is 5.96. The molecule has 1 fully saturated rings. The molecule has 0 spiro atoms. The highest BCUT2D eigenvalue weighted by molar-refractivity contribution is 5.36. The fourth-order valence-corrected chi connectivity index (χ4v) is 3.52. The minimum atomic E-state index is 0.322. The molecule has 3 heteroatoms. The first-order chi connectivity index (χ1) is 10.3. The van der Waals surface area contributed by atoms with Gasteiger partial charge in [0, 0.05) is 24.2 Å². The van der Waals surface area contributed by atoms with E-state index in [1.165, 1.54) is 37.7 Å². The van der Waals surface area contributed by atoms with Crippen LogP contribution < -0.4 is 10.1 Å². The molecule has 0 aromatic heterocycles. The SMILES string of the molecule is CCN(CC(NC)c1ccccc1OC)C1CCCCC1. The van der Waals surface area contributed by atoms with Crippen LogP contribution in [0.25, 0.3) is 0 Å². The first-order valence-corrected chi connectivity index (χ1v) is 8.34. The van der Waals surface area contributed by atoms with Gasteiger partial charge in [-0.15, -0.1) is 0 Å². The van der Waals surface area contributed by atoms with Crippen LogP contribution in [0.4, 0.5) is 0 Å². The van der Waals surface area contributed by atoms with Crippen molar-refractivity contribution in [1.29, 1.82) is 0 Å². The Kier molecular flexibility index (Phi) is 6.52. The third-order valence-electron chi connectivity index (χ3n) is 4.78. The smallest absolute Gasteiger partial charge is 0.123 e. The van der Waals surface area contributed by atoms with Crippen molar-refractivity contribution < 1.29 is 4.74 Å². The highest BCUT2D eigenvalue weighted by Crippen LogP contribution is 2.28. The zero-order valence-corrected chi connectivity index (χ0v) is 13.8. The summed E-state index contributed by atoms with van der Waals surface area (Å²) in [6, 6.07) is 9.44. The molecule has 0 bridgehead atoms. The Bertz CT molecular complexity index is 415. The lowest BCUT2D eigenvalue weighted by atomic mass is 9.93. The number of hydrogen-bond donors (Lipinski definition) is 1. The molecule has 1 atom stereocenters. The van der Waals surface area contributed by atoms with E-state index in [-0.39, 0.29) is 0 Å². The molecule has 118 valence electrons. The average molecular weight is 290 g/mol. The minimum absolute atomic E-state index is 0.322. The predicted octanol–water partition coefficient (Wildman–Crippen LogP) is 3.61. The first kappa shape index (κ1) is 16.3. The maximum Gasteiger partial charge on any atom is 0.123 e. The van der Waals surface area contributed by atoms with Gasteiger partial charge in [-0.1, -0.05) is 44.4 Å². The van der Waals surface area contributed by atoms with Gasteiger partial charge in [-0.25, -0.2) is 0 Å². The molecule has 0 radical (unpaired) electrons. The topological polar surface area (TPSA) is 24.5 Å². The van der Waals surface area contributed by atoms with Crippen LogP contribution >= 0.6 is 0 Å². The Morgan fingerprint density at radius 3 is 2.57 bits per heavy atom. The van der Waals surface area contributed by atoms with Gasteiger partial charge in [-0.2, -0.15) is 0 Å². The van der Waals surface area contributed by atoms with Crippen LogP contribution in [0.3, 0.4) is 0 Å². The van der Waals surface area contributed by atoms with Crippen LogP contribution in [-0.2, 0) is 0 Å². The molecule has 1 aliphatic carbocycles. The Labute approximate surface area is 129 Å². The number of ether oxygens (including phenoxy) is 1. The molecular formula is C18H30N2O. The van der Waals surface area contributed by atoms with Crippen molar-refractivity contribution in [2.75, 3.05) is 27.2 Å². The lowest BCUT2D eigenvalue weighted by molar-refractivity contribution is 0.149. The van der Waals surface area contributed by atoms with Gasteiger partial charge in [0.2, 0.25) is 0 Å². The fraction of sp³-hybridized carbons (Fsp3) is 0.667. The molecular weight excluding hydrogens is 260 g/mol. The van der Waals surface area contributed by atoms with Crippen molar-refractivity contribution in [3.63, 3.8) is 0 Å². The van der Waals surface area contributed by atoms with Crippen molar-refractivity contribution in [3.05, 3.63) is 29.8 Å². The van der Waals surface area contributed by atoms with E-state index >= 15 is 0 Å². The summed E-state index contributed by atoms with van der Waals surface area (Å²) in [5, 5.41) is 3.48. The van der Waals surface area contributed by atoms with E-state index in [1.54, 1.807) is 7.11 Å². The predicted molar refractivity (Wildman–Crippen MR) is 88.9 cm³/mol. The second kappa shape index (κ2) is 8.40. The van der Waals surface area contributed by atoms with Crippen LogP contribution in [0, 0.1) is 0 Å². The Morgan fingerprint density at radius 2 is 1.95 bits per heavy atom. The van der Waals surface area contributed by atoms with Crippen molar-refractivity contribution in [2.45, 2.75) is 51.1 Å². The van der Waals surface area contributed by atoms with E-state index in [1.807, 2.05) is 13.1 Å². The van der Waals surface area contributed by atoms with Crippen molar-refractivity contribution in [1.82, 2.24) is 10.2 Å². The average Bonchev–Trinajstić information content (AvgIpc) is 2.57.